The van der Waals surface area contributed by atoms with Crippen LogP contribution in [-0.4, -0.2) is 22.9 Å². The van der Waals surface area contributed by atoms with Crippen LogP contribution in [-0.2, 0) is 13.1 Å². The number of amides is 1. The Labute approximate surface area is 175 Å². The number of aryl methyl sites for hydroxylation is 1. The van der Waals surface area contributed by atoms with E-state index in [4.69, 9.17) is 4.42 Å². The third kappa shape index (κ3) is 5.96. The highest BCUT2D eigenvalue weighted by molar-refractivity contribution is 5.91. The van der Waals surface area contributed by atoms with Crippen LogP contribution in [0.5, 0.6) is 0 Å². The maximum Gasteiger partial charge on any atom is 0.287 e. The Morgan fingerprint density at radius 2 is 1.79 bits per heavy atom. The summed E-state index contributed by atoms with van der Waals surface area (Å²) in [5, 5.41) is 3.03. The van der Waals surface area contributed by atoms with Crippen molar-refractivity contribution >= 4 is 5.91 Å². The van der Waals surface area contributed by atoms with E-state index < -0.39 is 0 Å². The molecule has 2 aromatic rings. The minimum atomic E-state index is -0.124. The van der Waals surface area contributed by atoms with E-state index in [2.05, 4.69) is 55.3 Å². The highest BCUT2D eigenvalue weighted by Crippen LogP contribution is 2.27. The van der Waals surface area contributed by atoms with Gasteiger partial charge in [0.15, 0.2) is 5.76 Å². The molecule has 1 saturated carbocycles. The Hall–Kier alpha value is -2.07. The number of benzene rings is 1. The van der Waals surface area contributed by atoms with E-state index in [0.717, 1.165) is 18.8 Å². The molecule has 0 bridgehead atoms. The van der Waals surface area contributed by atoms with Gasteiger partial charge >= 0.3 is 0 Å². The number of carbonyl (C=O) groups excluding carboxylic acids is 1. The van der Waals surface area contributed by atoms with Crippen molar-refractivity contribution in [2.75, 3.05) is 0 Å². The van der Waals surface area contributed by atoms with Crippen LogP contribution < -0.4 is 5.32 Å². The number of hydrogen-bond acceptors (Lipinski definition) is 3. The van der Waals surface area contributed by atoms with Gasteiger partial charge in [-0.1, -0.05) is 57.4 Å². The summed E-state index contributed by atoms with van der Waals surface area (Å²) < 4.78 is 5.96. The fourth-order valence-electron chi connectivity index (χ4n) is 4.00. The van der Waals surface area contributed by atoms with Crippen molar-refractivity contribution in [1.29, 1.82) is 0 Å². The van der Waals surface area contributed by atoms with E-state index in [1.54, 1.807) is 0 Å². The maximum absolute atomic E-state index is 12.5. The lowest BCUT2D eigenvalue weighted by atomic mass is 9.93. The van der Waals surface area contributed by atoms with Gasteiger partial charge in [-0.3, -0.25) is 9.69 Å². The number of rotatable bonds is 8. The molecule has 0 spiro atoms. The largest absolute Gasteiger partial charge is 0.455 e. The van der Waals surface area contributed by atoms with Gasteiger partial charge < -0.3 is 9.73 Å². The van der Waals surface area contributed by atoms with Gasteiger partial charge in [-0.25, -0.2) is 0 Å². The van der Waals surface area contributed by atoms with Crippen molar-refractivity contribution in [2.45, 2.75) is 85.0 Å². The molecule has 1 N–H and O–H groups in total. The topological polar surface area (TPSA) is 45.5 Å². The Bertz CT molecular complexity index is 790. The molecule has 1 aromatic heterocycles. The monoisotopic (exact) mass is 396 g/mol. The molecule has 1 aliphatic rings. The standard InChI is InChI=1S/C25H36N2O2/c1-18(2)20(4)26-25(28)24-15-14-23(29-24)17-27(22-12-6-5-7-13-22)16-21-11-9-8-10-19(21)3/h8-11,14-15,18,20,22H,5-7,12-13,16-17H2,1-4H3,(H,26,28)/t20-/m1/s1. The quantitative estimate of drug-likeness (QED) is 0.623. The van der Waals surface area contributed by atoms with Crippen molar-refractivity contribution in [2.24, 2.45) is 5.92 Å². The number of nitrogens with one attached hydrogen (secondary N) is 1. The molecule has 3 rings (SSSR count). The first kappa shape index (κ1) is 21.6. The average molecular weight is 397 g/mol. The number of furan rings is 1. The van der Waals surface area contributed by atoms with Gasteiger partial charge in [0.2, 0.25) is 0 Å². The summed E-state index contributed by atoms with van der Waals surface area (Å²) in [4.78, 5) is 15.0. The van der Waals surface area contributed by atoms with E-state index in [1.165, 1.54) is 43.2 Å². The molecule has 0 unspecified atom stereocenters. The normalized spacial score (nSPS) is 16.3. The Morgan fingerprint density at radius 1 is 1.07 bits per heavy atom. The van der Waals surface area contributed by atoms with Crippen molar-refractivity contribution < 1.29 is 9.21 Å². The smallest absolute Gasteiger partial charge is 0.287 e. The molecule has 158 valence electrons. The van der Waals surface area contributed by atoms with Crippen LogP contribution in [0.1, 0.15) is 80.3 Å². The molecule has 1 aromatic carbocycles. The van der Waals surface area contributed by atoms with Crippen LogP contribution in [0.2, 0.25) is 0 Å². The third-order valence-electron chi connectivity index (χ3n) is 6.33. The predicted molar refractivity (Wildman–Crippen MR) is 118 cm³/mol. The van der Waals surface area contributed by atoms with Gasteiger partial charge in [-0.2, -0.15) is 0 Å². The molecule has 0 saturated heterocycles. The zero-order chi connectivity index (χ0) is 20.8. The molecule has 1 atom stereocenters. The minimum Gasteiger partial charge on any atom is -0.455 e. The van der Waals surface area contributed by atoms with Crippen molar-refractivity contribution in [1.82, 2.24) is 10.2 Å². The lowest BCUT2D eigenvalue weighted by Crippen LogP contribution is -2.36. The summed E-state index contributed by atoms with van der Waals surface area (Å²) in [6, 6.07) is 13.1. The summed E-state index contributed by atoms with van der Waals surface area (Å²) in [7, 11) is 0. The lowest BCUT2D eigenvalue weighted by molar-refractivity contribution is 0.0892. The van der Waals surface area contributed by atoms with E-state index in [-0.39, 0.29) is 11.9 Å². The predicted octanol–water partition coefficient (Wildman–Crippen LogP) is 5.70. The van der Waals surface area contributed by atoms with Gasteiger partial charge in [0.25, 0.3) is 5.91 Å². The summed E-state index contributed by atoms with van der Waals surface area (Å²) in [5.74, 6) is 1.54. The Balaban J connectivity index is 1.71. The van der Waals surface area contributed by atoms with Crippen LogP contribution in [0, 0.1) is 12.8 Å². The van der Waals surface area contributed by atoms with Crippen LogP contribution in [0.4, 0.5) is 0 Å². The van der Waals surface area contributed by atoms with E-state index in [1.807, 2.05) is 19.1 Å². The fraction of sp³-hybridized carbons (Fsp3) is 0.560. The van der Waals surface area contributed by atoms with E-state index >= 15 is 0 Å². The highest BCUT2D eigenvalue weighted by Gasteiger charge is 2.24. The summed E-state index contributed by atoms with van der Waals surface area (Å²) in [5.41, 5.74) is 2.70. The van der Waals surface area contributed by atoms with E-state index in [0.29, 0.717) is 17.7 Å². The van der Waals surface area contributed by atoms with Gasteiger partial charge in [-0.15, -0.1) is 0 Å². The van der Waals surface area contributed by atoms with Gasteiger partial charge in [0, 0.05) is 18.6 Å². The van der Waals surface area contributed by atoms with Crippen LogP contribution >= 0.6 is 0 Å². The summed E-state index contributed by atoms with van der Waals surface area (Å²) in [6.07, 6.45) is 6.42. The third-order valence-corrected chi connectivity index (χ3v) is 6.33. The molecule has 4 nitrogen and oxygen atoms in total. The Morgan fingerprint density at radius 3 is 2.48 bits per heavy atom. The number of nitrogens with zero attached hydrogens (tertiary/aromatic N) is 1. The summed E-state index contributed by atoms with van der Waals surface area (Å²) >= 11 is 0. The first-order valence-corrected chi connectivity index (χ1v) is 11.1. The van der Waals surface area contributed by atoms with Crippen LogP contribution in [0.15, 0.2) is 40.8 Å². The second kappa shape index (κ2) is 10.1. The molecular weight excluding hydrogens is 360 g/mol. The number of carbonyl (C=O) groups is 1. The maximum atomic E-state index is 12.5. The molecular formula is C25H36N2O2. The molecule has 4 heteroatoms. The van der Waals surface area contributed by atoms with Crippen LogP contribution in [0.3, 0.4) is 0 Å². The fourth-order valence-corrected chi connectivity index (χ4v) is 4.00. The lowest BCUT2D eigenvalue weighted by Gasteiger charge is -2.34. The first-order valence-electron chi connectivity index (χ1n) is 11.1. The van der Waals surface area contributed by atoms with Gasteiger partial charge in [0.05, 0.1) is 6.54 Å². The zero-order valence-electron chi connectivity index (χ0n) is 18.4. The van der Waals surface area contributed by atoms with Gasteiger partial charge in [-0.05, 0) is 55.9 Å². The van der Waals surface area contributed by atoms with Crippen LogP contribution in [0.25, 0.3) is 0 Å². The molecule has 0 aliphatic heterocycles. The van der Waals surface area contributed by atoms with Crippen molar-refractivity contribution in [3.8, 4) is 0 Å². The number of hydrogen-bond donors (Lipinski definition) is 1. The summed E-state index contributed by atoms with van der Waals surface area (Å²) in [6.45, 7) is 10.1. The second-order valence-electron chi connectivity index (χ2n) is 8.90. The SMILES string of the molecule is Cc1ccccc1CN(Cc1ccc(C(=O)N[C@H](C)C(C)C)o1)C1CCCCC1. The molecule has 1 fully saturated rings. The molecule has 1 amide bonds. The molecule has 1 heterocycles. The zero-order valence-corrected chi connectivity index (χ0v) is 18.4. The average Bonchev–Trinajstić information content (AvgIpc) is 3.18. The molecule has 29 heavy (non-hydrogen) atoms. The molecule has 0 radical (unpaired) electrons. The van der Waals surface area contributed by atoms with E-state index in [9.17, 15) is 4.79 Å². The first-order chi connectivity index (χ1) is 13.9. The van der Waals surface area contributed by atoms with Gasteiger partial charge in [0.1, 0.15) is 5.76 Å². The highest BCUT2D eigenvalue weighted by atomic mass is 16.4. The Kier molecular flexibility index (Phi) is 7.54. The van der Waals surface area contributed by atoms with Crippen molar-refractivity contribution in [3.05, 3.63) is 59.0 Å². The minimum absolute atomic E-state index is 0.121. The van der Waals surface area contributed by atoms with Crippen molar-refractivity contribution in [3.63, 3.8) is 0 Å². The second-order valence-corrected chi connectivity index (χ2v) is 8.90. The molecule has 1 aliphatic carbocycles.